The van der Waals surface area contributed by atoms with Gasteiger partial charge in [-0.3, -0.25) is 0 Å². The van der Waals surface area contributed by atoms with Crippen LogP contribution in [0.25, 0.3) is 11.1 Å². The smallest absolute Gasteiger partial charge is 0.341 e. The Morgan fingerprint density at radius 3 is 2.37 bits per heavy atom. The van der Waals surface area contributed by atoms with Crippen LogP contribution in [0.2, 0.25) is 0 Å². The average Bonchev–Trinajstić information content (AvgIpc) is 2.72. The van der Waals surface area contributed by atoms with Gasteiger partial charge in [0.2, 0.25) is 0 Å². The van der Waals surface area contributed by atoms with Crippen molar-refractivity contribution in [1.29, 1.82) is 0 Å². The van der Waals surface area contributed by atoms with Crippen molar-refractivity contribution in [3.63, 3.8) is 0 Å². The average molecular weight is 415 g/mol. The summed E-state index contributed by atoms with van der Waals surface area (Å²) in [4.78, 5) is 12.2. The number of carboxylic acids is 1. The SMILES string of the molecule is CCc1c(OCC(=O)O)ccc(F)c1N(C)c1cc(-c2cccc(F)c2)ccc1F. The lowest BCUT2D eigenvalue weighted by molar-refractivity contribution is -0.139. The van der Waals surface area contributed by atoms with E-state index in [-0.39, 0.29) is 17.1 Å². The molecular formula is C23H20F3NO3. The largest absolute Gasteiger partial charge is 0.482 e. The fraction of sp³-hybridized carbons (Fsp3) is 0.174. The van der Waals surface area contributed by atoms with Gasteiger partial charge in [0, 0.05) is 12.6 Å². The van der Waals surface area contributed by atoms with E-state index in [0.717, 1.165) is 6.07 Å². The molecule has 3 rings (SSSR count). The summed E-state index contributed by atoms with van der Waals surface area (Å²) in [5, 5.41) is 8.86. The van der Waals surface area contributed by atoms with Crippen LogP contribution in [0.1, 0.15) is 12.5 Å². The highest BCUT2D eigenvalue weighted by Gasteiger charge is 2.21. The zero-order valence-corrected chi connectivity index (χ0v) is 16.5. The molecule has 4 nitrogen and oxygen atoms in total. The minimum atomic E-state index is -1.16. The van der Waals surface area contributed by atoms with Crippen molar-refractivity contribution in [2.24, 2.45) is 0 Å². The van der Waals surface area contributed by atoms with Gasteiger partial charge in [-0.1, -0.05) is 25.1 Å². The molecule has 3 aromatic rings. The van der Waals surface area contributed by atoms with E-state index in [1.807, 2.05) is 0 Å². The maximum Gasteiger partial charge on any atom is 0.341 e. The third kappa shape index (κ3) is 4.40. The first-order chi connectivity index (χ1) is 14.3. The quantitative estimate of drug-likeness (QED) is 0.549. The highest BCUT2D eigenvalue weighted by atomic mass is 19.1. The van der Waals surface area contributed by atoms with Crippen LogP contribution in [0.4, 0.5) is 24.5 Å². The molecular weight excluding hydrogens is 395 g/mol. The minimum absolute atomic E-state index is 0.0793. The molecule has 0 aromatic heterocycles. The van der Waals surface area contributed by atoms with E-state index in [2.05, 4.69) is 0 Å². The van der Waals surface area contributed by atoms with E-state index in [1.54, 1.807) is 19.1 Å². The zero-order valence-electron chi connectivity index (χ0n) is 16.5. The number of rotatable bonds is 7. The first-order valence-corrected chi connectivity index (χ1v) is 9.27. The fourth-order valence-electron chi connectivity index (χ4n) is 3.31. The molecule has 0 radical (unpaired) electrons. The molecule has 0 amide bonds. The number of nitrogens with zero attached hydrogens (tertiary/aromatic N) is 1. The number of carbonyl (C=O) groups is 1. The van der Waals surface area contributed by atoms with Gasteiger partial charge < -0.3 is 14.7 Å². The Hall–Kier alpha value is -3.48. The molecule has 0 bridgehead atoms. The molecule has 0 unspecified atom stereocenters. The number of aliphatic carboxylic acids is 1. The summed E-state index contributed by atoms with van der Waals surface area (Å²) in [5.74, 6) is -2.56. The summed E-state index contributed by atoms with van der Waals surface area (Å²) in [6.07, 6.45) is 0.331. The molecule has 0 heterocycles. The van der Waals surface area contributed by atoms with Crippen LogP contribution in [0, 0.1) is 17.5 Å². The van der Waals surface area contributed by atoms with Crippen LogP contribution in [0.3, 0.4) is 0 Å². The second kappa shape index (κ2) is 8.90. The normalized spacial score (nSPS) is 10.7. The Morgan fingerprint density at radius 1 is 1.00 bits per heavy atom. The van der Waals surface area contributed by atoms with Crippen molar-refractivity contribution in [2.45, 2.75) is 13.3 Å². The van der Waals surface area contributed by atoms with Gasteiger partial charge in [0.05, 0.1) is 11.4 Å². The predicted octanol–water partition coefficient (Wildman–Crippen LogP) is 5.56. The molecule has 1 N–H and O–H groups in total. The number of benzene rings is 3. The van der Waals surface area contributed by atoms with Gasteiger partial charge in [0.1, 0.15) is 23.2 Å². The molecule has 30 heavy (non-hydrogen) atoms. The van der Waals surface area contributed by atoms with Crippen molar-refractivity contribution in [1.82, 2.24) is 0 Å². The summed E-state index contributed by atoms with van der Waals surface area (Å²) in [5.41, 5.74) is 1.69. The van der Waals surface area contributed by atoms with E-state index in [1.165, 1.54) is 48.3 Å². The lowest BCUT2D eigenvalue weighted by atomic mass is 10.0. The number of hydrogen-bond donors (Lipinski definition) is 1. The van der Waals surface area contributed by atoms with Gasteiger partial charge in [-0.2, -0.15) is 0 Å². The molecule has 0 atom stereocenters. The molecule has 0 aliphatic rings. The third-order valence-corrected chi connectivity index (χ3v) is 4.70. The fourth-order valence-corrected chi connectivity index (χ4v) is 3.31. The second-order valence-electron chi connectivity index (χ2n) is 6.64. The van der Waals surface area contributed by atoms with Crippen LogP contribution in [0.15, 0.2) is 54.6 Å². The molecule has 0 fully saturated rings. The molecule has 0 spiro atoms. The lowest BCUT2D eigenvalue weighted by Crippen LogP contribution is -2.17. The minimum Gasteiger partial charge on any atom is -0.482 e. The Labute approximate surface area is 172 Å². The lowest BCUT2D eigenvalue weighted by Gasteiger charge is -2.25. The van der Waals surface area contributed by atoms with Crippen LogP contribution >= 0.6 is 0 Å². The Kier molecular flexibility index (Phi) is 6.30. The summed E-state index contributed by atoms with van der Waals surface area (Å²) in [6, 6.07) is 12.7. The highest BCUT2D eigenvalue weighted by Crippen LogP contribution is 2.38. The Balaban J connectivity index is 2.08. The van der Waals surface area contributed by atoms with Gasteiger partial charge in [-0.05, 0) is 53.9 Å². The molecule has 0 saturated heterocycles. The summed E-state index contributed by atoms with van der Waals surface area (Å²) < 4.78 is 48.3. The van der Waals surface area contributed by atoms with Crippen LogP contribution in [-0.4, -0.2) is 24.7 Å². The topological polar surface area (TPSA) is 49.8 Å². The van der Waals surface area contributed by atoms with Gasteiger partial charge in [-0.25, -0.2) is 18.0 Å². The van der Waals surface area contributed by atoms with Crippen LogP contribution in [0.5, 0.6) is 5.75 Å². The van der Waals surface area contributed by atoms with Crippen molar-refractivity contribution < 1.29 is 27.8 Å². The van der Waals surface area contributed by atoms with Gasteiger partial charge >= 0.3 is 5.97 Å². The number of carboxylic acid groups (broad SMARTS) is 1. The summed E-state index contributed by atoms with van der Waals surface area (Å²) >= 11 is 0. The number of ether oxygens (including phenoxy) is 1. The van der Waals surface area contributed by atoms with Gasteiger partial charge in [-0.15, -0.1) is 0 Å². The van der Waals surface area contributed by atoms with E-state index < -0.39 is 30.0 Å². The first-order valence-electron chi connectivity index (χ1n) is 9.27. The molecule has 7 heteroatoms. The molecule has 0 aliphatic heterocycles. The second-order valence-corrected chi connectivity index (χ2v) is 6.64. The molecule has 156 valence electrons. The summed E-state index contributed by atoms with van der Waals surface area (Å²) in [7, 11) is 1.51. The monoisotopic (exact) mass is 415 g/mol. The standard InChI is InChI=1S/C23H20F3NO3/c1-3-17-21(30-13-22(28)29)10-9-19(26)23(17)27(2)20-12-15(7-8-18(20)25)14-5-4-6-16(24)11-14/h4-12H,3,13H2,1-2H3,(H,28,29). The highest BCUT2D eigenvalue weighted by molar-refractivity contribution is 5.75. The van der Waals surface area contributed by atoms with Gasteiger partial charge in [0.15, 0.2) is 6.61 Å². The van der Waals surface area contributed by atoms with Crippen molar-refractivity contribution >= 4 is 17.3 Å². The van der Waals surface area contributed by atoms with E-state index in [4.69, 9.17) is 9.84 Å². The molecule has 0 aliphatic carbocycles. The summed E-state index contributed by atoms with van der Waals surface area (Å²) in [6.45, 7) is 1.18. The van der Waals surface area contributed by atoms with Gasteiger partial charge in [0.25, 0.3) is 0 Å². The number of hydrogen-bond acceptors (Lipinski definition) is 3. The Bertz CT molecular complexity index is 1090. The molecule has 0 saturated carbocycles. The molecule has 3 aromatic carbocycles. The number of halogens is 3. The van der Waals surface area contributed by atoms with Crippen LogP contribution in [-0.2, 0) is 11.2 Å². The zero-order chi connectivity index (χ0) is 21.8. The Morgan fingerprint density at radius 2 is 1.70 bits per heavy atom. The van der Waals surface area contributed by atoms with Crippen molar-refractivity contribution in [3.8, 4) is 16.9 Å². The maximum absolute atomic E-state index is 14.8. The third-order valence-electron chi connectivity index (χ3n) is 4.70. The van der Waals surface area contributed by atoms with E-state index in [9.17, 15) is 18.0 Å². The maximum atomic E-state index is 14.8. The first kappa shape index (κ1) is 21.2. The predicted molar refractivity (Wildman–Crippen MR) is 109 cm³/mol. The van der Waals surface area contributed by atoms with Crippen molar-refractivity contribution in [2.75, 3.05) is 18.6 Å². The van der Waals surface area contributed by atoms with Crippen molar-refractivity contribution in [3.05, 3.63) is 77.6 Å². The van der Waals surface area contributed by atoms with E-state index in [0.29, 0.717) is 23.1 Å². The number of anilines is 2. The van der Waals surface area contributed by atoms with E-state index >= 15 is 0 Å². The van der Waals surface area contributed by atoms with Crippen LogP contribution < -0.4 is 9.64 Å².